The third-order valence-corrected chi connectivity index (χ3v) is 11.1. The van der Waals surface area contributed by atoms with Gasteiger partial charge in [-0.3, -0.25) is 58.5 Å². The average molecular weight is 931 g/mol. The smallest absolute Gasteiger partial charge is 0.276 e. The van der Waals surface area contributed by atoms with E-state index in [2.05, 4.69) is 25.8 Å². The number of nitrogens with two attached hydrogens (primary N) is 2. The highest BCUT2D eigenvalue weighted by Gasteiger charge is 2.26. The zero-order chi connectivity index (χ0) is 49.0. The first-order chi connectivity index (χ1) is 32.5. The number of amides is 7. The molecule has 6 N–H and O–H groups in total. The first-order valence-corrected chi connectivity index (χ1v) is 21.4. The number of nitrogens with one attached hydrogen (secondary N) is 2. The van der Waals surface area contributed by atoms with Gasteiger partial charge >= 0.3 is 0 Å². The number of imide groups is 1. The lowest BCUT2D eigenvalue weighted by atomic mass is 10.1. The number of methoxy groups -OCH3 is 1. The number of benzene rings is 2. The van der Waals surface area contributed by atoms with Gasteiger partial charge in [-0.1, -0.05) is 12.2 Å². The molecule has 4 aromatic heterocycles. The van der Waals surface area contributed by atoms with Crippen molar-refractivity contribution in [1.29, 1.82) is 0 Å². The second-order valence-electron chi connectivity index (χ2n) is 15.8. The minimum absolute atomic E-state index is 0.0474. The third-order valence-electron chi connectivity index (χ3n) is 11.1. The van der Waals surface area contributed by atoms with Gasteiger partial charge in [-0.25, -0.2) is 9.97 Å². The number of aromatic nitrogens is 8. The Morgan fingerprint density at radius 2 is 1.40 bits per heavy atom. The summed E-state index contributed by atoms with van der Waals surface area (Å²) >= 11 is 0. The van der Waals surface area contributed by atoms with Crippen LogP contribution in [0.3, 0.4) is 0 Å². The molecule has 1 aliphatic rings. The van der Waals surface area contributed by atoms with E-state index in [1.807, 2.05) is 6.92 Å². The molecule has 0 aliphatic carbocycles. The quantitative estimate of drug-likeness (QED) is 0.0487. The lowest BCUT2D eigenvalue weighted by Crippen LogP contribution is -2.36. The summed E-state index contributed by atoms with van der Waals surface area (Å²) in [4.78, 5) is 101. The van der Waals surface area contributed by atoms with Crippen LogP contribution in [0.15, 0.2) is 60.8 Å². The molecule has 0 radical (unpaired) electrons. The highest BCUT2D eigenvalue weighted by Crippen LogP contribution is 2.33. The van der Waals surface area contributed by atoms with Crippen molar-refractivity contribution in [1.82, 2.24) is 48.5 Å². The highest BCUT2D eigenvalue weighted by atomic mass is 16.5. The number of ether oxygens (including phenoxy) is 2. The van der Waals surface area contributed by atoms with E-state index in [9.17, 15) is 33.6 Å². The molecule has 1 aliphatic heterocycles. The molecule has 0 atom stereocenters. The predicted octanol–water partition coefficient (Wildman–Crippen LogP) is 2.46. The Morgan fingerprint density at radius 3 is 1.94 bits per heavy atom. The number of aryl methyl sites for hydroxylation is 4. The Hall–Kier alpha value is -8.63. The summed E-state index contributed by atoms with van der Waals surface area (Å²) in [7, 11) is 4.67. The van der Waals surface area contributed by atoms with E-state index < -0.39 is 35.4 Å². The lowest BCUT2D eigenvalue weighted by Gasteiger charge is -2.19. The van der Waals surface area contributed by atoms with Crippen LogP contribution in [0.25, 0.3) is 22.1 Å². The number of primary amides is 2. The van der Waals surface area contributed by atoms with Crippen LogP contribution in [-0.2, 0) is 41.1 Å². The number of imidazole rings is 2. The summed E-state index contributed by atoms with van der Waals surface area (Å²) in [6.45, 7) is 6.29. The molecule has 7 amide bonds. The fourth-order valence-electron chi connectivity index (χ4n) is 7.74. The van der Waals surface area contributed by atoms with Crippen LogP contribution >= 0.6 is 0 Å². The normalized spacial score (nSPS) is 12.5. The zero-order valence-corrected chi connectivity index (χ0v) is 38.2. The van der Waals surface area contributed by atoms with Gasteiger partial charge in [0.05, 0.1) is 36.6 Å². The van der Waals surface area contributed by atoms with Crippen LogP contribution in [0.5, 0.6) is 11.5 Å². The Balaban J connectivity index is 1.19. The molecule has 354 valence electrons. The standard InChI is InChI=1S/C45H50N14O9/c1-7-59-31(19-26(3)53-59)42(65)51-44-49-29-20-27(40(46)63)22-32(67-6)38(29)57(44)15-8-9-16-58-39-30(50-45(58)52-43(66)37-25(2)24-48-55(37)5)21-28(41(47)64)23-33(39)68-18-10-14-54(4)34(60)13-17-56-35(61)11-12-36(56)62/h8-9,11-12,19-24H,7,10,13-18H2,1-6H3,(H2,46,63)(H2,47,64)(H,49,51,65)(H,50,52,66)/b9-8+. The summed E-state index contributed by atoms with van der Waals surface area (Å²) in [6.07, 6.45) is 7.74. The molecule has 6 aromatic rings. The van der Waals surface area contributed by atoms with Crippen LogP contribution in [0.1, 0.15) is 72.7 Å². The van der Waals surface area contributed by atoms with Crippen LogP contribution in [0.4, 0.5) is 11.9 Å². The molecule has 0 fully saturated rings. The van der Waals surface area contributed by atoms with Crippen LogP contribution in [0.2, 0.25) is 0 Å². The van der Waals surface area contributed by atoms with Gasteiger partial charge in [0.25, 0.3) is 23.6 Å². The van der Waals surface area contributed by atoms with Crippen molar-refractivity contribution in [2.75, 3.05) is 44.5 Å². The molecule has 0 bridgehead atoms. The maximum atomic E-state index is 13.8. The topological polar surface area (TPSA) is 292 Å². The van der Waals surface area contributed by atoms with Crippen molar-refractivity contribution in [3.8, 4) is 11.5 Å². The summed E-state index contributed by atoms with van der Waals surface area (Å²) in [6, 6.07) is 7.61. The molecule has 7 rings (SSSR count). The maximum Gasteiger partial charge on any atom is 0.276 e. The van der Waals surface area contributed by atoms with E-state index in [4.69, 9.17) is 25.9 Å². The molecule has 2 aromatic carbocycles. The molecular formula is C45H50N14O9. The van der Waals surface area contributed by atoms with Gasteiger partial charge in [-0.05, 0) is 63.1 Å². The van der Waals surface area contributed by atoms with Crippen molar-refractivity contribution in [2.45, 2.75) is 53.2 Å². The highest BCUT2D eigenvalue weighted by molar-refractivity contribution is 6.13. The number of carbonyl (C=O) groups excluding carboxylic acids is 7. The minimum Gasteiger partial charge on any atom is -0.494 e. The van der Waals surface area contributed by atoms with Crippen molar-refractivity contribution in [3.05, 3.63) is 94.6 Å². The second kappa shape index (κ2) is 19.9. The van der Waals surface area contributed by atoms with Gasteiger partial charge < -0.3 is 35.0 Å². The monoisotopic (exact) mass is 930 g/mol. The van der Waals surface area contributed by atoms with Crippen molar-refractivity contribution < 1.29 is 43.0 Å². The number of carbonyl (C=O) groups is 7. The maximum absolute atomic E-state index is 13.8. The van der Waals surface area contributed by atoms with Crippen molar-refractivity contribution in [3.63, 3.8) is 0 Å². The Bertz CT molecular complexity index is 3040. The number of rotatable bonds is 20. The number of hydrogen-bond acceptors (Lipinski definition) is 13. The zero-order valence-electron chi connectivity index (χ0n) is 38.2. The van der Waals surface area contributed by atoms with E-state index >= 15 is 0 Å². The molecule has 23 heteroatoms. The van der Waals surface area contributed by atoms with E-state index in [1.54, 1.807) is 66.2 Å². The number of hydrogen-bond donors (Lipinski definition) is 4. The molecular weight excluding hydrogens is 881 g/mol. The van der Waals surface area contributed by atoms with Gasteiger partial charge in [0.15, 0.2) is 0 Å². The van der Waals surface area contributed by atoms with Crippen LogP contribution < -0.4 is 31.6 Å². The van der Waals surface area contributed by atoms with Crippen LogP contribution in [0, 0.1) is 13.8 Å². The SMILES string of the molecule is CCn1nc(C)cc1C(=O)Nc1nc2cc(C(N)=O)cc(OC)c2n1C/C=C/Cn1c(NC(=O)c2c(C)cnn2C)nc2cc(C(N)=O)cc(OCCCN(C)C(=O)CCN3C(=O)C=CC3=O)c21. The number of anilines is 2. The Morgan fingerprint density at radius 1 is 0.824 bits per heavy atom. The van der Waals surface area contributed by atoms with Gasteiger partial charge in [0.2, 0.25) is 29.6 Å². The van der Waals surface area contributed by atoms with E-state index in [1.165, 1.54) is 41.0 Å². The summed E-state index contributed by atoms with van der Waals surface area (Å²) in [5, 5.41) is 14.4. The first-order valence-electron chi connectivity index (χ1n) is 21.4. The molecule has 0 spiro atoms. The molecule has 68 heavy (non-hydrogen) atoms. The van der Waals surface area contributed by atoms with Crippen molar-refractivity contribution in [2.24, 2.45) is 18.5 Å². The lowest BCUT2D eigenvalue weighted by molar-refractivity contribution is -0.138. The van der Waals surface area contributed by atoms with Crippen molar-refractivity contribution >= 4 is 75.3 Å². The van der Waals surface area contributed by atoms with E-state index in [-0.39, 0.29) is 90.8 Å². The summed E-state index contributed by atoms with van der Waals surface area (Å²) < 4.78 is 18.4. The summed E-state index contributed by atoms with van der Waals surface area (Å²) in [5.41, 5.74) is 15.0. The van der Waals surface area contributed by atoms with Gasteiger partial charge in [0, 0.05) is 76.5 Å². The van der Waals surface area contributed by atoms with Crippen LogP contribution in [-0.4, -0.2) is 124 Å². The Kier molecular flexibility index (Phi) is 13.8. The Labute approximate surface area is 388 Å². The summed E-state index contributed by atoms with van der Waals surface area (Å²) in [5.74, 6) is -2.91. The average Bonchev–Trinajstić information content (AvgIpc) is 4.11. The molecule has 23 nitrogen and oxygen atoms in total. The predicted molar refractivity (Wildman–Crippen MR) is 247 cm³/mol. The molecule has 0 saturated carbocycles. The number of fused-ring (bicyclic) bond motifs is 2. The number of nitrogens with zero attached hydrogens (tertiary/aromatic N) is 10. The van der Waals surface area contributed by atoms with Gasteiger partial charge in [0.1, 0.15) is 33.9 Å². The number of allylic oxidation sites excluding steroid dienone is 2. The van der Waals surface area contributed by atoms with E-state index in [0.29, 0.717) is 46.5 Å². The second-order valence-corrected chi connectivity index (χ2v) is 15.8. The molecule has 0 unspecified atom stereocenters. The minimum atomic E-state index is -0.749. The van der Waals surface area contributed by atoms with Gasteiger partial charge in [-0.15, -0.1) is 0 Å². The molecule has 5 heterocycles. The first kappa shape index (κ1) is 47.3. The largest absolute Gasteiger partial charge is 0.494 e. The molecule has 0 saturated heterocycles. The van der Waals surface area contributed by atoms with E-state index in [0.717, 1.165) is 17.1 Å². The van der Waals surface area contributed by atoms with Gasteiger partial charge in [-0.2, -0.15) is 10.2 Å². The fraction of sp³-hybridized carbons (Fsp3) is 0.311. The fourth-order valence-corrected chi connectivity index (χ4v) is 7.74. The third kappa shape index (κ3) is 9.80.